The van der Waals surface area contributed by atoms with Crippen LogP contribution in [0.2, 0.25) is 0 Å². The van der Waals surface area contributed by atoms with Crippen LogP contribution in [0.15, 0.2) is 58.5 Å². The number of nitrogens with zero attached hydrogens (tertiary/aromatic N) is 1. The molecule has 4 rings (SSSR count). The largest absolute Gasteiger partial charge is 0.325 e. The summed E-state index contributed by atoms with van der Waals surface area (Å²) in [7, 11) is 0. The number of hydrogen-bond donors (Lipinski definition) is 3. The molecule has 32 heavy (non-hydrogen) atoms. The van der Waals surface area contributed by atoms with Crippen LogP contribution in [0.5, 0.6) is 0 Å². The van der Waals surface area contributed by atoms with Crippen LogP contribution >= 0.6 is 11.8 Å². The minimum Gasteiger partial charge on any atom is -0.325 e. The lowest BCUT2D eigenvalue weighted by Crippen LogP contribution is -2.36. The van der Waals surface area contributed by atoms with Gasteiger partial charge in [-0.25, -0.2) is 13.8 Å². The van der Waals surface area contributed by atoms with Crippen LogP contribution in [0.25, 0.3) is 0 Å². The lowest BCUT2D eigenvalue weighted by atomic mass is 9.92. The van der Waals surface area contributed by atoms with Crippen LogP contribution in [0.3, 0.4) is 0 Å². The Morgan fingerprint density at radius 3 is 2.56 bits per heavy atom. The van der Waals surface area contributed by atoms with E-state index in [1.807, 2.05) is 30.3 Å². The molecule has 0 bridgehead atoms. The van der Waals surface area contributed by atoms with Gasteiger partial charge in [-0.05, 0) is 24.1 Å². The number of thioether (sulfide) groups is 1. The number of aromatic nitrogens is 2. The number of carbonyl (C=O) groups is 2. The first-order chi connectivity index (χ1) is 15.4. The summed E-state index contributed by atoms with van der Waals surface area (Å²) in [5.41, 5.74) is 0.478. The van der Waals surface area contributed by atoms with Gasteiger partial charge in [-0.15, -0.1) is 0 Å². The Balaban J connectivity index is 1.53. The average molecular weight is 456 g/mol. The fourth-order valence-electron chi connectivity index (χ4n) is 3.41. The van der Waals surface area contributed by atoms with Crippen LogP contribution in [-0.4, -0.2) is 27.5 Å². The summed E-state index contributed by atoms with van der Waals surface area (Å²) in [5, 5.41) is 5.21. The Morgan fingerprint density at radius 1 is 1.12 bits per heavy atom. The van der Waals surface area contributed by atoms with Crippen LogP contribution < -0.4 is 16.2 Å². The summed E-state index contributed by atoms with van der Waals surface area (Å²) < 4.78 is 26.8. The monoisotopic (exact) mass is 456 g/mol. The van der Waals surface area contributed by atoms with Crippen molar-refractivity contribution in [3.05, 3.63) is 81.6 Å². The third-order valence-electron chi connectivity index (χ3n) is 4.85. The van der Waals surface area contributed by atoms with E-state index in [1.54, 1.807) is 0 Å². The molecule has 1 aliphatic heterocycles. The molecule has 0 aliphatic carbocycles. The van der Waals surface area contributed by atoms with Gasteiger partial charge in [-0.1, -0.05) is 42.1 Å². The minimum atomic E-state index is -1.15. The second-order valence-corrected chi connectivity index (χ2v) is 8.25. The van der Waals surface area contributed by atoms with E-state index in [0.29, 0.717) is 17.0 Å². The van der Waals surface area contributed by atoms with E-state index in [4.69, 9.17) is 0 Å². The van der Waals surface area contributed by atoms with E-state index < -0.39 is 34.9 Å². The van der Waals surface area contributed by atoms with Crippen LogP contribution in [0, 0.1) is 11.6 Å². The molecule has 1 aliphatic rings. The van der Waals surface area contributed by atoms with Crippen molar-refractivity contribution < 1.29 is 18.4 Å². The van der Waals surface area contributed by atoms with E-state index in [9.17, 15) is 23.2 Å². The molecule has 0 radical (unpaired) electrons. The maximum Gasteiger partial charge on any atom is 0.257 e. The zero-order valence-corrected chi connectivity index (χ0v) is 17.5. The molecule has 3 N–H and O–H groups in total. The molecule has 1 atom stereocenters. The van der Waals surface area contributed by atoms with E-state index in [2.05, 4.69) is 20.6 Å². The van der Waals surface area contributed by atoms with Crippen molar-refractivity contribution in [2.45, 2.75) is 23.9 Å². The Labute approximate surface area is 185 Å². The number of aromatic amines is 1. The molecular weight excluding hydrogens is 438 g/mol. The van der Waals surface area contributed by atoms with Gasteiger partial charge in [0.15, 0.2) is 5.16 Å². The van der Waals surface area contributed by atoms with Gasteiger partial charge in [0.1, 0.15) is 17.5 Å². The van der Waals surface area contributed by atoms with Gasteiger partial charge in [0.2, 0.25) is 11.8 Å². The third-order valence-corrected chi connectivity index (χ3v) is 5.72. The second-order valence-electron chi connectivity index (χ2n) is 7.17. The predicted octanol–water partition coefficient (Wildman–Crippen LogP) is 3.45. The van der Waals surface area contributed by atoms with Gasteiger partial charge in [0, 0.05) is 23.9 Å². The lowest BCUT2D eigenvalue weighted by Gasteiger charge is -2.23. The number of H-pyrrole nitrogens is 1. The molecule has 3 aromatic rings. The van der Waals surface area contributed by atoms with Crippen molar-refractivity contribution in [2.75, 3.05) is 16.4 Å². The molecule has 0 saturated heterocycles. The highest BCUT2D eigenvalue weighted by molar-refractivity contribution is 7.99. The quantitative estimate of drug-likeness (QED) is 0.389. The highest BCUT2D eigenvalue weighted by Gasteiger charge is 2.34. The first-order valence-corrected chi connectivity index (χ1v) is 10.8. The standard InChI is InChI=1S/C22H18F2N4O3S/c23-13-8-14(24)10-15(9-13)25-20(30)16-11-17(29)26-19-18(16)21(31)28-22(27-19)32-7-6-12-4-2-1-3-5-12/h1-5,8-10,16H,6-7,11H2,(H,25,30)(H2,26,27,28,29,31)/t16-/m1/s1. The number of aryl methyl sites for hydroxylation is 1. The number of anilines is 2. The van der Waals surface area contributed by atoms with Crippen molar-refractivity contribution >= 4 is 35.1 Å². The zero-order chi connectivity index (χ0) is 22.7. The number of rotatable bonds is 6. The SMILES string of the molecule is O=C1C[C@@H](C(=O)Nc2cc(F)cc(F)c2)c2c(nc(SCCc3ccccc3)[nH]c2=O)N1. The summed E-state index contributed by atoms with van der Waals surface area (Å²) in [6, 6.07) is 12.4. The molecule has 7 nitrogen and oxygen atoms in total. The molecule has 2 amide bonds. The normalized spacial score (nSPS) is 15.1. The zero-order valence-electron chi connectivity index (χ0n) is 16.7. The molecule has 0 unspecified atom stereocenters. The Hall–Kier alpha value is -3.53. The number of nitrogens with one attached hydrogen (secondary N) is 3. The van der Waals surface area contributed by atoms with Crippen LogP contribution in [0.1, 0.15) is 23.5 Å². The van der Waals surface area contributed by atoms with Crippen molar-refractivity contribution in [3.63, 3.8) is 0 Å². The van der Waals surface area contributed by atoms with Gasteiger partial charge in [0.05, 0.1) is 11.5 Å². The van der Waals surface area contributed by atoms with Gasteiger partial charge < -0.3 is 15.6 Å². The number of carbonyl (C=O) groups excluding carboxylic acids is 2. The lowest BCUT2D eigenvalue weighted by molar-refractivity contribution is -0.123. The molecular formula is C22H18F2N4O3S. The first-order valence-electron chi connectivity index (χ1n) is 9.77. The highest BCUT2D eigenvalue weighted by Crippen LogP contribution is 2.30. The van der Waals surface area contributed by atoms with Gasteiger partial charge in [-0.2, -0.15) is 0 Å². The summed E-state index contributed by atoms with van der Waals surface area (Å²) in [4.78, 5) is 44.6. The molecule has 164 valence electrons. The Kier molecular flexibility index (Phi) is 6.31. The molecule has 1 aromatic heterocycles. The number of fused-ring (bicyclic) bond motifs is 1. The topological polar surface area (TPSA) is 104 Å². The van der Waals surface area contributed by atoms with Crippen molar-refractivity contribution in [3.8, 4) is 0 Å². The highest BCUT2D eigenvalue weighted by atomic mass is 32.2. The number of halogens is 2. The second kappa shape index (κ2) is 9.31. The van der Waals surface area contributed by atoms with E-state index >= 15 is 0 Å². The average Bonchev–Trinajstić information content (AvgIpc) is 2.73. The van der Waals surface area contributed by atoms with Gasteiger partial charge in [-0.3, -0.25) is 14.4 Å². The summed E-state index contributed by atoms with van der Waals surface area (Å²) in [6.07, 6.45) is 0.468. The van der Waals surface area contributed by atoms with Gasteiger partial charge >= 0.3 is 0 Å². The maximum absolute atomic E-state index is 13.4. The summed E-state index contributed by atoms with van der Waals surface area (Å²) in [5.74, 6) is -3.43. The summed E-state index contributed by atoms with van der Waals surface area (Å²) in [6.45, 7) is 0. The first kappa shape index (κ1) is 21.7. The fraction of sp³-hybridized carbons (Fsp3) is 0.182. The maximum atomic E-state index is 13.4. The van der Waals surface area contributed by atoms with Crippen LogP contribution in [-0.2, 0) is 16.0 Å². The van der Waals surface area contributed by atoms with Crippen LogP contribution in [0.4, 0.5) is 20.3 Å². The molecule has 0 saturated carbocycles. The molecule has 0 fully saturated rings. The van der Waals surface area contributed by atoms with E-state index in [1.165, 1.54) is 11.8 Å². The molecule has 2 aromatic carbocycles. The molecule has 10 heteroatoms. The van der Waals surface area contributed by atoms with Crippen molar-refractivity contribution in [2.24, 2.45) is 0 Å². The van der Waals surface area contributed by atoms with E-state index in [0.717, 1.165) is 24.1 Å². The minimum absolute atomic E-state index is 0.00591. The number of amides is 2. The van der Waals surface area contributed by atoms with Crippen molar-refractivity contribution in [1.82, 2.24) is 9.97 Å². The van der Waals surface area contributed by atoms with E-state index in [-0.39, 0.29) is 23.5 Å². The molecule has 0 spiro atoms. The predicted molar refractivity (Wildman–Crippen MR) is 117 cm³/mol. The Morgan fingerprint density at radius 2 is 1.84 bits per heavy atom. The Bertz CT molecular complexity index is 1210. The fourth-order valence-corrected chi connectivity index (χ4v) is 4.26. The smallest absolute Gasteiger partial charge is 0.257 e. The molecule has 2 heterocycles. The number of benzene rings is 2. The summed E-state index contributed by atoms with van der Waals surface area (Å²) >= 11 is 1.32. The number of hydrogen-bond acceptors (Lipinski definition) is 5. The van der Waals surface area contributed by atoms with Crippen molar-refractivity contribution in [1.29, 1.82) is 0 Å². The van der Waals surface area contributed by atoms with Gasteiger partial charge in [0.25, 0.3) is 5.56 Å². The third kappa shape index (κ3) is 5.02.